The van der Waals surface area contributed by atoms with Crippen molar-refractivity contribution in [2.75, 3.05) is 13.6 Å². The maximum Gasteiger partial charge on any atom is 0.353 e. The summed E-state index contributed by atoms with van der Waals surface area (Å²) < 4.78 is 63.9. The number of fused-ring (bicyclic) bond motifs is 1. The van der Waals surface area contributed by atoms with Gasteiger partial charge in [0.2, 0.25) is 19.5 Å². The minimum atomic E-state index is -4.70. The predicted octanol–water partition coefficient (Wildman–Crippen LogP) is 7.98. The monoisotopic (exact) mass is 671 g/mol. The molecule has 0 radical (unpaired) electrons. The van der Waals surface area contributed by atoms with E-state index in [0.29, 0.717) is 21.2 Å². The second kappa shape index (κ2) is 14.3. The first-order valence-electron chi connectivity index (χ1n) is 13.2. The Morgan fingerprint density at radius 1 is 0.932 bits per heavy atom. The van der Waals surface area contributed by atoms with Crippen molar-refractivity contribution in [3.63, 3.8) is 0 Å². The van der Waals surface area contributed by atoms with Gasteiger partial charge >= 0.3 is 19.5 Å². The Labute approximate surface area is 263 Å². The van der Waals surface area contributed by atoms with E-state index in [4.69, 9.17) is 30.1 Å². The lowest BCUT2D eigenvalue weighted by Gasteiger charge is -2.27. The zero-order valence-corrected chi connectivity index (χ0v) is 27.4. The summed E-state index contributed by atoms with van der Waals surface area (Å²) in [6, 6.07) is 7.71. The molecule has 0 saturated heterocycles. The van der Waals surface area contributed by atoms with Crippen LogP contribution in [-0.4, -0.2) is 31.4 Å². The molecule has 1 N–H and O–H groups in total. The highest BCUT2D eigenvalue weighted by atomic mass is 35.5. The molecule has 9 nitrogen and oxygen atoms in total. The van der Waals surface area contributed by atoms with E-state index in [9.17, 15) is 27.7 Å². The van der Waals surface area contributed by atoms with E-state index in [1.807, 2.05) is 0 Å². The average Bonchev–Trinajstić information content (AvgIpc) is 3.29. The molecule has 0 bridgehead atoms. The Morgan fingerprint density at radius 3 is 2.00 bits per heavy atom. The first-order valence-corrected chi connectivity index (χ1v) is 16.1. The van der Waals surface area contributed by atoms with Crippen LogP contribution in [-0.2, 0) is 37.5 Å². The minimum Gasteiger partial charge on any atom is -0.438 e. The van der Waals surface area contributed by atoms with Crippen molar-refractivity contribution in [3.8, 4) is 0 Å². The zero-order valence-electron chi connectivity index (χ0n) is 24.9. The van der Waals surface area contributed by atoms with Crippen molar-refractivity contribution < 1.29 is 46.3 Å². The molecule has 1 atom stereocenters. The molecule has 238 valence electrons. The van der Waals surface area contributed by atoms with Gasteiger partial charge in [0, 0.05) is 22.0 Å². The number of ether oxygens (including phenoxy) is 2. The smallest absolute Gasteiger partial charge is 0.353 e. The van der Waals surface area contributed by atoms with Gasteiger partial charge in [-0.05, 0) is 99.8 Å². The van der Waals surface area contributed by atoms with Crippen molar-refractivity contribution in [2.45, 2.75) is 47.2 Å². The standard InChI is InChI=1S/C30H33ClF2NO8PS/c1-29(2,3)27(36)39-16-41-43(38,42-17-40-28(37)30(4,5)6)25(23-15-44-24-8-7-19(31)13-22(23)24)26(35)34-10-9-18-11-20(32)14-21(33)12-18/h7-15,25H,16-17H2,1-6H3,(H,34,35). The van der Waals surface area contributed by atoms with Crippen LogP contribution in [0.1, 0.15) is 58.3 Å². The third kappa shape index (κ3) is 9.42. The Hall–Kier alpha value is -3.15. The maximum atomic E-state index is 14.5. The summed E-state index contributed by atoms with van der Waals surface area (Å²) in [4.78, 5) is 38.5. The second-order valence-electron chi connectivity index (χ2n) is 11.7. The highest BCUT2D eigenvalue weighted by Crippen LogP contribution is 2.62. The van der Waals surface area contributed by atoms with E-state index in [1.54, 1.807) is 65.1 Å². The summed E-state index contributed by atoms with van der Waals surface area (Å²) in [7, 11) is -4.70. The van der Waals surface area contributed by atoms with Crippen LogP contribution in [0.3, 0.4) is 0 Å². The molecule has 1 heterocycles. The number of rotatable bonds is 11. The SMILES string of the molecule is CC(C)(C)C(=O)OCOP(=O)(OCOC(=O)C(C)(C)C)C(C(=O)NC=Cc1cc(F)cc(F)c1)c1csc2ccc(Cl)cc12. The highest BCUT2D eigenvalue weighted by molar-refractivity contribution is 7.55. The van der Waals surface area contributed by atoms with E-state index in [-0.39, 0.29) is 11.1 Å². The molecule has 14 heteroatoms. The molecule has 0 spiro atoms. The largest absolute Gasteiger partial charge is 0.438 e. The van der Waals surface area contributed by atoms with Gasteiger partial charge in [0.1, 0.15) is 11.6 Å². The quantitative estimate of drug-likeness (QED) is 0.124. The number of nitrogens with one attached hydrogen (secondary N) is 1. The average molecular weight is 672 g/mol. The summed E-state index contributed by atoms with van der Waals surface area (Å²) in [5, 5.41) is 4.81. The van der Waals surface area contributed by atoms with Crippen LogP contribution in [0.5, 0.6) is 0 Å². The molecule has 1 aromatic heterocycles. The number of benzene rings is 2. The van der Waals surface area contributed by atoms with Crippen LogP contribution in [0.15, 0.2) is 48.0 Å². The maximum absolute atomic E-state index is 14.5. The summed E-state index contributed by atoms with van der Waals surface area (Å²) in [6.07, 6.45) is 2.33. The van der Waals surface area contributed by atoms with Crippen LogP contribution >= 0.6 is 30.5 Å². The van der Waals surface area contributed by atoms with Crippen LogP contribution in [0, 0.1) is 22.5 Å². The minimum absolute atomic E-state index is 0.103. The number of hydrogen-bond acceptors (Lipinski definition) is 9. The highest BCUT2D eigenvalue weighted by Gasteiger charge is 2.45. The number of amides is 1. The Morgan fingerprint density at radius 2 is 1.48 bits per heavy atom. The number of carbonyl (C=O) groups excluding carboxylic acids is 3. The number of thiophene rings is 1. The van der Waals surface area contributed by atoms with Gasteiger partial charge < -0.3 is 14.8 Å². The van der Waals surface area contributed by atoms with Gasteiger partial charge in [0.15, 0.2) is 5.66 Å². The van der Waals surface area contributed by atoms with E-state index >= 15 is 0 Å². The van der Waals surface area contributed by atoms with Gasteiger partial charge in [-0.25, -0.2) is 8.78 Å². The molecule has 44 heavy (non-hydrogen) atoms. The first-order chi connectivity index (χ1) is 20.4. The molecule has 0 aliphatic heterocycles. The molecule has 1 unspecified atom stereocenters. The van der Waals surface area contributed by atoms with E-state index in [1.165, 1.54) is 17.4 Å². The molecule has 3 rings (SSSR count). The molecule has 0 aliphatic carbocycles. The van der Waals surface area contributed by atoms with Gasteiger partial charge in [0.05, 0.1) is 10.8 Å². The van der Waals surface area contributed by atoms with E-state index in [0.717, 1.165) is 18.3 Å². The van der Waals surface area contributed by atoms with Gasteiger partial charge in [-0.2, -0.15) is 0 Å². The van der Waals surface area contributed by atoms with Crippen molar-refractivity contribution in [2.24, 2.45) is 10.8 Å². The fourth-order valence-electron chi connectivity index (χ4n) is 3.58. The van der Waals surface area contributed by atoms with Crippen molar-refractivity contribution in [3.05, 3.63) is 75.8 Å². The Balaban J connectivity index is 2.03. The van der Waals surface area contributed by atoms with Crippen molar-refractivity contribution in [1.82, 2.24) is 5.32 Å². The predicted molar refractivity (Wildman–Crippen MR) is 164 cm³/mol. The van der Waals surface area contributed by atoms with E-state index < -0.39 is 67.2 Å². The van der Waals surface area contributed by atoms with Crippen LogP contribution in [0.4, 0.5) is 8.78 Å². The lowest BCUT2D eigenvalue weighted by Crippen LogP contribution is -2.29. The summed E-state index contributed by atoms with van der Waals surface area (Å²) in [6.45, 7) is 7.91. The third-order valence-corrected chi connectivity index (χ3v) is 9.17. The summed E-state index contributed by atoms with van der Waals surface area (Å²) in [5.74, 6) is -3.91. The van der Waals surface area contributed by atoms with Gasteiger partial charge in [-0.3, -0.25) is 28.0 Å². The fourth-order valence-corrected chi connectivity index (χ4v) is 6.51. The Kier molecular flexibility index (Phi) is 11.5. The molecule has 1 amide bonds. The topological polar surface area (TPSA) is 117 Å². The van der Waals surface area contributed by atoms with E-state index in [2.05, 4.69) is 5.32 Å². The van der Waals surface area contributed by atoms with Gasteiger partial charge in [-0.1, -0.05) is 11.6 Å². The Bertz CT molecular complexity index is 1560. The molecule has 0 aliphatic rings. The summed E-state index contributed by atoms with van der Waals surface area (Å²) >= 11 is 7.46. The first kappa shape index (κ1) is 35.3. The summed E-state index contributed by atoms with van der Waals surface area (Å²) in [5.41, 5.74) is -3.25. The second-order valence-corrected chi connectivity index (χ2v) is 15.1. The lowest BCUT2D eigenvalue weighted by atomic mass is 9.98. The van der Waals surface area contributed by atoms with Gasteiger partial charge in [-0.15, -0.1) is 11.3 Å². The normalized spacial score (nSPS) is 13.2. The van der Waals surface area contributed by atoms with Crippen LogP contribution in [0.25, 0.3) is 16.2 Å². The van der Waals surface area contributed by atoms with Crippen LogP contribution in [0.2, 0.25) is 5.02 Å². The fraction of sp³-hybridized carbons (Fsp3) is 0.367. The molecule has 2 aromatic carbocycles. The third-order valence-electron chi connectivity index (χ3n) is 5.88. The molecule has 0 fully saturated rings. The number of halogens is 3. The molecule has 0 saturated carbocycles. The number of carbonyl (C=O) groups is 3. The number of esters is 2. The van der Waals surface area contributed by atoms with Crippen molar-refractivity contribution >= 4 is 64.5 Å². The number of hydrogen-bond donors (Lipinski definition) is 1. The lowest BCUT2D eigenvalue weighted by molar-refractivity contribution is -0.162. The zero-order chi connectivity index (χ0) is 32.9. The molecule has 3 aromatic rings. The van der Waals surface area contributed by atoms with Crippen molar-refractivity contribution in [1.29, 1.82) is 0 Å². The van der Waals surface area contributed by atoms with Gasteiger partial charge in [0.25, 0.3) is 0 Å². The molecular formula is C30H33ClF2NO8PS. The molecular weight excluding hydrogens is 639 g/mol. The van der Waals surface area contributed by atoms with Crippen LogP contribution < -0.4 is 5.32 Å².